The van der Waals surface area contributed by atoms with Crippen LogP contribution >= 0.6 is 0 Å². The maximum absolute atomic E-state index is 12.8. The lowest BCUT2D eigenvalue weighted by atomic mass is 10.0. The summed E-state index contributed by atoms with van der Waals surface area (Å²) in [5, 5.41) is 11.7. The standard InChI is InChI=1S/C53H99NO7/c1-6-8-10-12-14-16-18-20-22-24-26-28-29-31-33-35-37-39-41-43-51(55)60-48-49(47-59-46-45-50(53(57)58)54(3,4)5)61-52(56)44-42-40-38-36-34-32-30-27-25-23-21-19-17-15-13-11-9-7-2/h23,25,27,30,49-50H,6-22,24,26,28-29,31-48H2,1-5H3/b25-23+,30-27+. The minimum absolute atomic E-state index is 0.0387. The van der Waals surface area contributed by atoms with Crippen LogP contribution in [0.15, 0.2) is 24.3 Å². The molecule has 2 atom stereocenters. The average molecular weight is 862 g/mol. The summed E-state index contributed by atoms with van der Waals surface area (Å²) in [6.45, 7) is 4.68. The molecule has 0 fully saturated rings. The van der Waals surface area contributed by atoms with Crippen molar-refractivity contribution in [1.82, 2.24) is 0 Å². The van der Waals surface area contributed by atoms with Gasteiger partial charge in [0.25, 0.3) is 0 Å². The molecule has 0 saturated heterocycles. The van der Waals surface area contributed by atoms with Crippen LogP contribution in [-0.4, -0.2) is 75.5 Å². The molecule has 0 aliphatic rings. The Kier molecular flexibility index (Phi) is 42.8. The molecule has 0 rings (SSSR count). The summed E-state index contributed by atoms with van der Waals surface area (Å²) in [6, 6.07) is -0.726. The number of carbonyl (C=O) groups excluding carboxylic acids is 3. The number of hydrogen-bond donors (Lipinski definition) is 0. The second-order valence-corrected chi connectivity index (χ2v) is 18.8. The van der Waals surface area contributed by atoms with E-state index in [1.807, 2.05) is 0 Å². The number of ether oxygens (including phenoxy) is 3. The summed E-state index contributed by atoms with van der Waals surface area (Å²) < 4.78 is 17.2. The van der Waals surface area contributed by atoms with Crippen LogP contribution in [0.25, 0.3) is 0 Å². The van der Waals surface area contributed by atoms with Gasteiger partial charge >= 0.3 is 11.9 Å². The lowest BCUT2D eigenvalue weighted by molar-refractivity contribution is -0.889. The number of allylic oxidation sites excluding steroid dienone is 4. The molecule has 0 amide bonds. The van der Waals surface area contributed by atoms with Gasteiger partial charge in [-0.3, -0.25) is 9.59 Å². The van der Waals surface area contributed by atoms with Crippen molar-refractivity contribution in [3.05, 3.63) is 24.3 Å². The summed E-state index contributed by atoms with van der Waals surface area (Å²) in [7, 11) is 5.42. The average Bonchev–Trinajstić information content (AvgIpc) is 3.22. The van der Waals surface area contributed by atoms with Crippen LogP contribution in [0.2, 0.25) is 0 Å². The van der Waals surface area contributed by atoms with Crippen LogP contribution < -0.4 is 5.11 Å². The van der Waals surface area contributed by atoms with Crippen molar-refractivity contribution in [3.63, 3.8) is 0 Å². The zero-order valence-electron chi connectivity index (χ0n) is 40.8. The molecule has 0 aromatic carbocycles. The summed E-state index contributed by atoms with van der Waals surface area (Å²) in [5.74, 6) is -1.74. The Balaban J connectivity index is 4.24. The van der Waals surface area contributed by atoms with E-state index < -0.39 is 18.1 Å². The van der Waals surface area contributed by atoms with Crippen LogP contribution in [0.4, 0.5) is 0 Å². The van der Waals surface area contributed by atoms with Gasteiger partial charge in [0, 0.05) is 19.3 Å². The van der Waals surface area contributed by atoms with E-state index in [9.17, 15) is 19.5 Å². The monoisotopic (exact) mass is 862 g/mol. The van der Waals surface area contributed by atoms with E-state index in [1.54, 1.807) is 21.1 Å². The maximum Gasteiger partial charge on any atom is 0.306 e. The van der Waals surface area contributed by atoms with E-state index in [0.717, 1.165) is 57.8 Å². The first kappa shape index (κ1) is 58.8. The lowest BCUT2D eigenvalue weighted by Crippen LogP contribution is -2.55. The van der Waals surface area contributed by atoms with Crippen LogP contribution in [-0.2, 0) is 28.6 Å². The number of carbonyl (C=O) groups is 3. The fourth-order valence-corrected chi connectivity index (χ4v) is 7.83. The first-order valence-electron chi connectivity index (χ1n) is 25.9. The van der Waals surface area contributed by atoms with Crippen molar-refractivity contribution in [2.24, 2.45) is 0 Å². The van der Waals surface area contributed by atoms with Crippen molar-refractivity contribution in [2.45, 2.75) is 257 Å². The predicted molar refractivity (Wildman–Crippen MR) is 254 cm³/mol. The Morgan fingerprint density at radius 2 is 0.852 bits per heavy atom. The molecule has 0 aliphatic heterocycles. The topological polar surface area (TPSA) is 102 Å². The normalized spacial score (nSPS) is 13.0. The number of likely N-dealkylation sites (N-methyl/N-ethyl adjacent to an activating group) is 1. The van der Waals surface area contributed by atoms with Crippen molar-refractivity contribution in [2.75, 3.05) is 41.0 Å². The summed E-state index contributed by atoms with van der Waals surface area (Å²) in [5.41, 5.74) is 0. The quantitative estimate of drug-likeness (QED) is 0.0260. The Morgan fingerprint density at radius 1 is 0.492 bits per heavy atom. The zero-order chi connectivity index (χ0) is 44.9. The molecule has 0 N–H and O–H groups in total. The third-order valence-electron chi connectivity index (χ3n) is 11.9. The minimum Gasteiger partial charge on any atom is -0.544 e. The zero-order valence-corrected chi connectivity index (χ0v) is 40.8. The van der Waals surface area contributed by atoms with Gasteiger partial charge in [0.05, 0.1) is 40.3 Å². The third-order valence-corrected chi connectivity index (χ3v) is 11.9. The van der Waals surface area contributed by atoms with Gasteiger partial charge in [0.1, 0.15) is 12.6 Å². The molecule has 0 saturated carbocycles. The van der Waals surface area contributed by atoms with Gasteiger partial charge in [0.2, 0.25) is 0 Å². The highest BCUT2D eigenvalue weighted by Gasteiger charge is 2.25. The Morgan fingerprint density at radius 3 is 1.23 bits per heavy atom. The Hall–Kier alpha value is -2.19. The van der Waals surface area contributed by atoms with Crippen LogP contribution in [0.1, 0.15) is 245 Å². The molecule has 0 spiro atoms. The van der Waals surface area contributed by atoms with E-state index in [0.29, 0.717) is 12.8 Å². The van der Waals surface area contributed by atoms with Gasteiger partial charge in [-0.05, 0) is 38.5 Å². The molecule has 61 heavy (non-hydrogen) atoms. The lowest BCUT2D eigenvalue weighted by Gasteiger charge is -2.34. The SMILES string of the molecule is CCCCCCCCC/C=C/C=C/CCCCCCCC(=O)OC(COCCC(C(=O)[O-])[N+](C)(C)C)COC(=O)CCCCCCCCCCCCCCCCCCCCC. The highest BCUT2D eigenvalue weighted by Crippen LogP contribution is 2.16. The summed E-state index contributed by atoms with van der Waals surface area (Å²) in [6.07, 6.45) is 50.6. The fourth-order valence-electron chi connectivity index (χ4n) is 7.83. The summed E-state index contributed by atoms with van der Waals surface area (Å²) in [4.78, 5) is 37.0. The van der Waals surface area contributed by atoms with E-state index in [4.69, 9.17) is 14.2 Å². The molecular weight excluding hydrogens is 763 g/mol. The first-order valence-corrected chi connectivity index (χ1v) is 25.9. The van der Waals surface area contributed by atoms with Crippen molar-refractivity contribution >= 4 is 17.9 Å². The van der Waals surface area contributed by atoms with E-state index in [-0.39, 0.29) is 42.7 Å². The molecule has 8 heteroatoms. The minimum atomic E-state index is -1.12. The Bertz CT molecular complexity index is 1050. The highest BCUT2D eigenvalue weighted by molar-refractivity contribution is 5.70. The number of rotatable bonds is 47. The number of esters is 2. The van der Waals surface area contributed by atoms with Gasteiger partial charge in [-0.1, -0.05) is 212 Å². The molecule has 0 heterocycles. The number of quaternary nitrogens is 1. The highest BCUT2D eigenvalue weighted by atomic mass is 16.6. The second kappa shape index (κ2) is 44.4. The molecular formula is C53H99NO7. The van der Waals surface area contributed by atoms with E-state index >= 15 is 0 Å². The number of aliphatic carboxylic acids is 1. The van der Waals surface area contributed by atoms with Gasteiger partial charge in [0.15, 0.2) is 6.10 Å². The van der Waals surface area contributed by atoms with Crippen LogP contribution in [0.3, 0.4) is 0 Å². The predicted octanol–water partition coefficient (Wildman–Crippen LogP) is 13.5. The molecule has 0 aliphatic carbocycles. The molecule has 8 nitrogen and oxygen atoms in total. The van der Waals surface area contributed by atoms with E-state index in [2.05, 4.69) is 38.2 Å². The van der Waals surface area contributed by atoms with Crippen molar-refractivity contribution in [1.29, 1.82) is 0 Å². The van der Waals surface area contributed by atoms with Gasteiger partial charge in [-0.15, -0.1) is 0 Å². The summed E-state index contributed by atoms with van der Waals surface area (Å²) >= 11 is 0. The third kappa shape index (κ3) is 42.9. The molecule has 0 radical (unpaired) electrons. The number of unbranched alkanes of at least 4 members (excludes halogenated alkanes) is 30. The van der Waals surface area contributed by atoms with Crippen molar-refractivity contribution in [3.8, 4) is 0 Å². The second-order valence-electron chi connectivity index (χ2n) is 18.8. The molecule has 0 bridgehead atoms. The molecule has 2 unspecified atom stereocenters. The number of carboxylic acids is 1. The molecule has 358 valence electrons. The first-order chi connectivity index (χ1) is 29.6. The largest absolute Gasteiger partial charge is 0.544 e. The molecule has 0 aromatic rings. The molecule has 0 aromatic heterocycles. The van der Waals surface area contributed by atoms with E-state index in [1.165, 1.54) is 154 Å². The van der Waals surface area contributed by atoms with Crippen molar-refractivity contribution < 1.29 is 38.2 Å². The van der Waals surface area contributed by atoms with Crippen LogP contribution in [0, 0.1) is 0 Å². The number of hydrogen-bond acceptors (Lipinski definition) is 7. The number of nitrogens with zero attached hydrogens (tertiary/aromatic N) is 1. The maximum atomic E-state index is 12.8. The van der Waals surface area contributed by atoms with Gasteiger partial charge in [-0.25, -0.2) is 0 Å². The smallest absolute Gasteiger partial charge is 0.306 e. The number of carboxylic acid groups (broad SMARTS) is 1. The Labute approximate surface area is 377 Å². The van der Waals surface area contributed by atoms with Gasteiger partial charge in [-0.2, -0.15) is 0 Å². The van der Waals surface area contributed by atoms with Crippen LogP contribution in [0.5, 0.6) is 0 Å². The fraction of sp³-hybridized carbons (Fsp3) is 0.868. The van der Waals surface area contributed by atoms with Gasteiger partial charge < -0.3 is 28.6 Å².